The summed E-state index contributed by atoms with van der Waals surface area (Å²) < 4.78 is 3.86. The third kappa shape index (κ3) is 2.03. The van der Waals surface area contributed by atoms with Gasteiger partial charge in [0.1, 0.15) is 0 Å². The van der Waals surface area contributed by atoms with Crippen LogP contribution in [0.2, 0.25) is 0 Å². The van der Waals surface area contributed by atoms with Crippen molar-refractivity contribution in [1.82, 2.24) is 19.2 Å². The zero-order valence-corrected chi connectivity index (χ0v) is 11.2. The van der Waals surface area contributed by atoms with E-state index in [0.29, 0.717) is 11.4 Å². The molecule has 0 aliphatic heterocycles. The number of benzene rings is 1. The summed E-state index contributed by atoms with van der Waals surface area (Å²) in [5.74, 6) is 0.676. The summed E-state index contributed by atoms with van der Waals surface area (Å²) >= 11 is 0. The van der Waals surface area contributed by atoms with Gasteiger partial charge in [0, 0.05) is 18.4 Å². The van der Waals surface area contributed by atoms with Gasteiger partial charge in [-0.25, -0.2) is 19.2 Å². The number of para-hydroxylation sites is 1. The van der Waals surface area contributed by atoms with E-state index in [1.807, 2.05) is 66.5 Å². The van der Waals surface area contributed by atoms with Crippen LogP contribution < -0.4 is 5.62 Å². The summed E-state index contributed by atoms with van der Waals surface area (Å²) in [5.41, 5.74) is 3.58. The Hall–Kier alpha value is -2.43. The van der Waals surface area contributed by atoms with Crippen molar-refractivity contribution in [3.63, 3.8) is 0 Å². The maximum Gasteiger partial charge on any atom is 0.252 e. The Bertz CT molecular complexity index is 796. The fourth-order valence-electron chi connectivity index (χ4n) is 2.17. The van der Waals surface area contributed by atoms with Crippen molar-refractivity contribution < 1.29 is 0 Å². The molecule has 19 heavy (non-hydrogen) atoms. The van der Waals surface area contributed by atoms with Gasteiger partial charge in [0.2, 0.25) is 5.62 Å². The molecule has 0 spiro atoms. The second kappa shape index (κ2) is 4.35. The van der Waals surface area contributed by atoms with E-state index in [-0.39, 0.29) is 0 Å². The number of aromatic nitrogens is 4. The highest BCUT2D eigenvalue weighted by Crippen LogP contribution is 2.08. The Morgan fingerprint density at radius 1 is 1.05 bits per heavy atom. The van der Waals surface area contributed by atoms with Crippen molar-refractivity contribution in [2.45, 2.75) is 13.8 Å². The van der Waals surface area contributed by atoms with Gasteiger partial charge in [0.25, 0.3) is 5.78 Å². The van der Waals surface area contributed by atoms with Crippen LogP contribution in [-0.4, -0.2) is 19.2 Å². The van der Waals surface area contributed by atoms with E-state index in [4.69, 9.17) is 0 Å². The molecule has 0 aliphatic carbocycles. The first-order chi connectivity index (χ1) is 9.15. The third-order valence-electron chi connectivity index (χ3n) is 2.99. The van der Waals surface area contributed by atoms with Gasteiger partial charge in [-0.05, 0) is 32.0 Å². The van der Waals surface area contributed by atoms with Crippen LogP contribution in [-0.2, 0) is 7.05 Å². The third-order valence-corrected chi connectivity index (χ3v) is 2.99. The lowest BCUT2D eigenvalue weighted by Crippen LogP contribution is -2.19. The normalized spacial score (nSPS) is 12.3. The summed E-state index contributed by atoms with van der Waals surface area (Å²) in [6.07, 6.45) is 0. The molecular formula is C14H15N5. The maximum absolute atomic E-state index is 4.54. The molecular weight excluding hydrogens is 238 g/mol. The summed E-state index contributed by atoms with van der Waals surface area (Å²) in [7, 11) is 1.94. The maximum atomic E-state index is 4.54. The summed E-state index contributed by atoms with van der Waals surface area (Å²) in [6.45, 7) is 4.01. The lowest BCUT2D eigenvalue weighted by molar-refractivity contribution is 0.645. The average Bonchev–Trinajstić information content (AvgIpc) is 2.67. The van der Waals surface area contributed by atoms with Gasteiger partial charge in [-0.15, -0.1) is 0 Å². The molecule has 0 aliphatic rings. The lowest BCUT2D eigenvalue weighted by Gasteiger charge is -2.03. The van der Waals surface area contributed by atoms with Crippen LogP contribution in [0.3, 0.4) is 0 Å². The molecule has 1 aromatic carbocycles. The predicted octanol–water partition coefficient (Wildman–Crippen LogP) is 1.92. The molecule has 96 valence electrons. The van der Waals surface area contributed by atoms with E-state index in [1.165, 1.54) is 0 Å². The fourth-order valence-corrected chi connectivity index (χ4v) is 2.17. The number of hydrogen-bond acceptors (Lipinski definition) is 3. The molecule has 0 fully saturated rings. The Balaban J connectivity index is 2.29. The van der Waals surface area contributed by atoms with E-state index in [2.05, 4.69) is 15.0 Å². The van der Waals surface area contributed by atoms with Crippen LogP contribution in [0.25, 0.3) is 5.78 Å². The number of rotatable bonds is 1. The summed E-state index contributed by atoms with van der Waals surface area (Å²) in [5, 5.41) is 0. The first kappa shape index (κ1) is 11.6. The van der Waals surface area contributed by atoms with E-state index in [9.17, 15) is 0 Å². The molecule has 3 rings (SSSR count). The van der Waals surface area contributed by atoms with Crippen molar-refractivity contribution in [1.29, 1.82) is 0 Å². The molecule has 5 heteroatoms. The highest BCUT2D eigenvalue weighted by atomic mass is 15.4. The molecule has 0 atom stereocenters. The van der Waals surface area contributed by atoms with Gasteiger partial charge in [0.15, 0.2) is 0 Å². The molecule has 0 bridgehead atoms. The van der Waals surface area contributed by atoms with E-state index in [1.54, 1.807) is 0 Å². The van der Waals surface area contributed by atoms with Crippen LogP contribution in [0, 0.1) is 13.8 Å². The average molecular weight is 253 g/mol. The number of fused-ring (bicyclic) bond motifs is 1. The second-order valence-electron chi connectivity index (χ2n) is 4.53. The van der Waals surface area contributed by atoms with Crippen molar-refractivity contribution in [3.8, 4) is 0 Å². The van der Waals surface area contributed by atoms with Crippen LogP contribution >= 0.6 is 0 Å². The molecule has 0 saturated heterocycles. The lowest BCUT2D eigenvalue weighted by atomic mass is 10.3. The van der Waals surface area contributed by atoms with Crippen LogP contribution in [0.4, 0.5) is 5.69 Å². The Labute approximate surface area is 110 Å². The number of aryl methyl sites for hydroxylation is 3. The molecule has 3 aromatic rings. The topological polar surface area (TPSA) is 47.5 Å². The summed E-state index contributed by atoms with van der Waals surface area (Å²) in [6, 6.07) is 11.8. The predicted molar refractivity (Wildman–Crippen MR) is 73.1 cm³/mol. The SMILES string of the molecule is Cc1cc(C)n2c(n1)nc(=Nc1ccccc1)n2C. The zero-order chi connectivity index (χ0) is 13.4. The second-order valence-corrected chi connectivity index (χ2v) is 4.53. The fraction of sp³-hybridized carbons (Fsp3) is 0.214. The molecule has 5 nitrogen and oxygen atoms in total. The van der Waals surface area contributed by atoms with Gasteiger partial charge in [-0.1, -0.05) is 18.2 Å². The Kier molecular flexibility index (Phi) is 2.67. The quantitative estimate of drug-likeness (QED) is 0.665. The van der Waals surface area contributed by atoms with Crippen molar-refractivity contribution >= 4 is 11.5 Å². The van der Waals surface area contributed by atoms with Crippen molar-refractivity contribution in [2.24, 2.45) is 12.0 Å². The van der Waals surface area contributed by atoms with Crippen molar-refractivity contribution in [3.05, 3.63) is 53.4 Å². The van der Waals surface area contributed by atoms with Gasteiger partial charge in [0.05, 0.1) is 5.69 Å². The monoisotopic (exact) mass is 253 g/mol. The molecule has 0 radical (unpaired) electrons. The smallest absolute Gasteiger partial charge is 0.248 e. The minimum atomic E-state index is 0.646. The van der Waals surface area contributed by atoms with Gasteiger partial charge >= 0.3 is 0 Å². The van der Waals surface area contributed by atoms with Crippen LogP contribution in [0.5, 0.6) is 0 Å². The number of hydrogen-bond donors (Lipinski definition) is 0. The molecule has 0 saturated carbocycles. The largest absolute Gasteiger partial charge is 0.252 e. The van der Waals surface area contributed by atoms with Gasteiger partial charge < -0.3 is 0 Å². The summed E-state index contributed by atoms with van der Waals surface area (Å²) in [4.78, 5) is 13.4. The van der Waals surface area contributed by atoms with E-state index < -0.39 is 0 Å². The molecule has 2 aromatic heterocycles. The Morgan fingerprint density at radius 3 is 2.53 bits per heavy atom. The molecule has 0 unspecified atom stereocenters. The zero-order valence-electron chi connectivity index (χ0n) is 11.2. The van der Waals surface area contributed by atoms with Crippen molar-refractivity contribution in [2.75, 3.05) is 0 Å². The minimum absolute atomic E-state index is 0.646. The molecule has 2 heterocycles. The first-order valence-electron chi connectivity index (χ1n) is 6.15. The highest BCUT2D eigenvalue weighted by Gasteiger charge is 2.06. The standard InChI is InChI=1S/C14H15N5/c1-10-9-11(2)19-14(15-10)17-13(18(19)3)16-12-7-5-4-6-8-12/h4-9H,1-3H3. The van der Waals surface area contributed by atoms with Gasteiger partial charge in [-0.2, -0.15) is 4.98 Å². The highest BCUT2D eigenvalue weighted by molar-refractivity contribution is 5.36. The van der Waals surface area contributed by atoms with E-state index >= 15 is 0 Å². The van der Waals surface area contributed by atoms with E-state index in [0.717, 1.165) is 17.1 Å². The molecule has 0 N–H and O–H groups in total. The molecule has 0 amide bonds. The van der Waals surface area contributed by atoms with Crippen LogP contribution in [0.1, 0.15) is 11.4 Å². The minimum Gasteiger partial charge on any atom is -0.248 e. The van der Waals surface area contributed by atoms with Crippen LogP contribution in [0.15, 0.2) is 41.4 Å². The number of nitrogens with zero attached hydrogens (tertiary/aromatic N) is 5. The first-order valence-corrected chi connectivity index (χ1v) is 6.15. The van der Waals surface area contributed by atoms with Gasteiger partial charge in [-0.3, -0.25) is 0 Å². The Morgan fingerprint density at radius 2 is 1.79 bits per heavy atom.